The first-order valence-corrected chi connectivity index (χ1v) is 11.6. The van der Waals surface area contributed by atoms with Gasteiger partial charge >= 0.3 is 0 Å². The summed E-state index contributed by atoms with van der Waals surface area (Å²) in [5, 5.41) is 4.28. The van der Waals surface area contributed by atoms with E-state index in [1.165, 1.54) is 12.3 Å². The lowest BCUT2D eigenvalue weighted by Gasteiger charge is -2.23. The third kappa shape index (κ3) is 7.35. The van der Waals surface area contributed by atoms with Gasteiger partial charge in [-0.3, -0.25) is 9.10 Å². The fraction of sp³-hybridized carbons (Fsp3) is 0.333. The van der Waals surface area contributed by atoms with Gasteiger partial charge in [0, 0.05) is 5.02 Å². The fourth-order valence-electron chi connectivity index (χ4n) is 2.49. The van der Waals surface area contributed by atoms with Crippen LogP contribution < -0.4 is 14.5 Å². The molecule has 0 radical (unpaired) electrons. The molecule has 0 fully saturated rings. The Balaban J connectivity index is 2.01. The number of anilines is 1. The molecule has 9 heteroatoms. The summed E-state index contributed by atoms with van der Waals surface area (Å²) in [4.78, 5) is 12.3. The Hall–Kier alpha value is -2.58. The molecule has 1 amide bonds. The monoisotopic (exact) mass is 451 g/mol. The predicted octanol–water partition coefficient (Wildman–Crippen LogP) is 3.60. The van der Waals surface area contributed by atoms with Crippen LogP contribution in [0.4, 0.5) is 5.69 Å². The van der Waals surface area contributed by atoms with Gasteiger partial charge in [0.25, 0.3) is 5.91 Å². The molecule has 30 heavy (non-hydrogen) atoms. The van der Waals surface area contributed by atoms with Gasteiger partial charge in [-0.2, -0.15) is 5.10 Å². The number of carbonyl (C=O) groups is 1. The summed E-state index contributed by atoms with van der Waals surface area (Å²) in [5.41, 5.74) is 4.14. The van der Waals surface area contributed by atoms with E-state index in [0.717, 1.165) is 21.9 Å². The van der Waals surface area contributed by atoms with Crippen molar-refractivity contribution < 1.29 is 17.9 Å². The van der Waals surface area contributed by atoms with Crippen molar-refractivity contribution in [2.45, 2.75) is 20.8 Å². The van der Waals surface area contributed by atoms with Crippen molar-refractivity contribution in [3.8, 4) is 5.75 Å². The van der Waals surface area contributed by atoms with Gasteiger partial charge in [-0.25, -0.2) is 13.8 Å². The summed E-state index contributed by atoms with van der Waals surface area (Å²) >= 11 is 5.99. The first-order valence-electron chi connectivity index (χ1n) is 9.35. The Kier molecular flexibility index (Phi) is 8.25. The predicted molar refractivity (Wildman–Crippen MR) is 121 cm³/mol. The summed E-state index contributed by atoms with van der Waals surface area (Å²) in [6, 6.07) is 12.1. The van der Waals surface area contributed by atoms with Crippen LogP contribution in [0.5, 0.6) is 5.75 Å². The number of ether oxygens (including phenoxy) is 1. The van der Waals surface area contributed by atoms with Gasteiger partial charge < -0.3 is 4.74 Å². The lowest BCUT2D eigenvalue weighted by atomic mass is 10.2. The first-order chi connectivity index (χ1) is 14.1. The number of nitrogens with zero attached hydrogens (tertiary/aromatic N) is 2. The van der Waals surface area contributed by atoms with Crippen LogP contribution in [0.2, 0.25) is 5.02 Å². The van der Waals surface area contributed by atoms with E-state index in [2.05, 4.69) is 24.4 Å². The largest absolute Gasteiger partial charge is 0.493 e. The summed E-state index contributed by atoms with van der Waals surface area (Å²) in [7, 11) is -3.70. The number of hydrazone groups is 1. The highest BCUT2D eigenvalue weighted by atomic mass is 35.5. The Morgan fingerprint density at radius 3 is 2.50 bits per heavy atom. The lowest BCUT2D eigenvalue weighted by Crippen LogP contribution is -2.39. The molecule has 2 aromatic rings. The number of nitrogens with one attached hydrogen (secondary N) is 1. The topological polar surface area (TPSA) is 88.1 Å². The molecule has 0 saturated carbocycles. The second kappa shape index (κ2) is 10.4. The van der Waals surface area contributed by atoms with Gasteiger partial charge in [0.15, 0.2) is 0 Å². The van der Waals surface area contributed by atoms with Crippen molar-refractivity contribution >= 4 is 39.4 Å². The van der Waals surface area contributed by atoms with Crippen LogP contribution in [-0.4, -0.2) is 39.9 Å². The van der Waals surface area contributed by atoms with E-state index in [9.17, 15) is 13.2 Å². The minimum absolute atomic E-state index is 0.348. The molecule has 1 N–H and O–H groups in total. The van der Waals surface area contributed by atoms with Gasteiger partial charge in [0.1, 0.15) is 12.3 Å². The van der Waals surface area contributed by atoms with Crippen molar-refractivity contribution in [1.82, 2.24) is 5.43 Å². The molecule has 7 nitrogen and oxygen atoms in total. The van der Waals surface area contributed by atoms with Crippen LogP contribution in [0.15, 0.2) is 47.6 Å². The van der Waals surface area contributed by atoms with Crippen molar-refractivity contribution in [2.24, 2.45) is 11.0 Å². The van der Waals surface area contributed by atoms with Gasteiger partial charge in [-0.05, 0) is 60.4 Å². The lowest BCUT2D eigenvalue weighted by molar-refractivity contribution is -0.119. The maximum absolute atomic E-state index is 12.3. The zero-order valence-corrected chi connectivity index (χ0v) is 19.0. The number of hydrogen-bond acceptors (Lipinski definition) is 5. The zero-order chi connectivity index (χ0) is 22.3. The van der Waals surface area contributed by atoms with Crippen molar-refractivity contribution in [2.75, 3.05) is 23.7 Å². The van der Waals surface area contributed by atoms with E-state index >= 15 is 0 Å². The Labute approximate surface area is 182 Å². The molecule has 0 aliphatic rings. The van der Waals surface area contributed by atoms with E-state index in [0.29, 0.717) is 28.8 Å². The molecule has 0 aromatic heterocycles. The molecule has 0 aliphatic heterocycles. The van der Waals surface area contributed by atoms with E-state index in [4.69, 9.17) is 16.3 Å². The standard InChI is InChI=1S/C21H26ClN3O4S/c1-15(2)14-29-19-9-6-17(7-10-19)12-23-24-21(26)13-25(30(4,27)28)20-11-18(22)8-5-16(20)3/h5-12,15H,13-14H2,1-4H3,(H,24,26)/b23-12-. The van der Waals surface area contributed by atoms with Crippen LogP contribution >= 0.6 is 11.6 Å². The minimum atomic E-state index is -3.70. The van der Waals surface area contributed by atoms with Crippen LogP contribution in [0.1, 0.15) is 25.0 Å². The Bertz CT molecular complexity index is 1010. The van der Waals surface area contributed by atoms with Crippen molar-refractivity contribution in [3.63, 3.8) is 0 Å². The molecule has 0 heterocycles. The normalized spacial score (nSPS) is 11.7. The number of carbonyl (C=O) groups excluding carboxylic acids is 1. The molecule has 0 bridgehead atoms. The van der Waals surface area contributed by atoms with E-state index in [-0.39, 0.29) is 0 Å². The number of halogens is 1. The summed E-state index contributed by atoms with van der Waals surface area (Å²) in [6.45, 7) is 6.10. The molecule has 162 valence electrons. The van der Waals surface area contributed by atoms with E-state index < -0.39 is 22.5 Å². The van der Waals surface area contributed by atoms with Crippen molar-refractivity contribution in [1.29, 1.82) is 0 Å². The fourth-order valence-corrected chi connectivity index (χ4v) is 3.56. The molecule has 0 atom stereocenters. The van der Waals surface area contributed by atoms with Gasteiger partial charge in [-0.1, -0.05) is 31.5 Å². The maximum Gasteiger partial charge on any atom is 0.260 e. The van der Waals surface area contributed by atoms with Gasteiger partial charge in [0.05, 0.1) is 24.8 Å². The summed E-state index contributed by atoms with van der Waals surface area (Å²) in [6.07, 6.45) is 2.51. The molecule has 0 unspecified atom stereocenters. The van der Waals surface area contributed by atoms with Crippen LogP contribution in [0.3, 0.4) is 0 Å². The summed E-state index contributed by atoms with van der Waals surface area (Å²) < 4.78 is 31.0. The number of hydrogen-bond donors (Lipinski definition) is 1. The zero-order valence-electron chi connectivity index (χ0n) is 17.4. The number of rotatable bonds is 9. The van der Waals surface area contributed by atoms with Gasteiger partial charge in [-0.15, -0.1) is 0 Å². The highest BCUT2D eigenvalue weighted by Gasteiger charge is 2.22. The molecule has 2 aromatic carbocycles. The van der Waals surface area contributed by atoms with Gasteiger partial charge in [0.2, 0.25) is 10.0 Å². The van der Waals surface area contributed by atoms with Crippen molar-refractivity contribution in [3.05, 3.63) is 58.6 Å². The molecule has 0 saturated heterocycles. The number of aryl methyl sites for hydroxylation is 1. The quantitative estimate of drug-likeness (QED) is 0.466. The SMILES string of the molecule is Cc1ccc(Cl)cc1N(CC(=O)N/N=C\c1ccc(OCC(C)C)cc1)S(C)(=O)=O. The Morgan fingerprint density at radius 1 is 1.23 bits per heavy atom. The van der Waals surface area contributed by atoms with E-state index in [1.807, 2.05) is 24.3 Å². The molecular weight excluding hydrogens is 426 g/mol. The molecule has 0 aliphatic carbocycles. The maximum atomic E-state index is 12.3. The second-order valence-corrected chi connectivity index (χ2v) is 9.61. The average Bonchev–Trinajstić information content (AvgIpc) is 2.66. The van der Waals surface area contributed by atoms with E-state index in [1.54, 1.807) is 19.1 Å². The number of benzene rings is 2. The second-order valence-electron chi connectivity index (χ2n) is 7.27. The highest BCUT2D eigenvalue weighted by molar-refractivity contribution is 7.92. The number of sulfonamides is 1. The average molecular weight is 452 g/mol. The third-order valence-electron chi connectivity index (χ3n) is 3.99. The molecular formula is C21H26ClN3O4S. The number of amides is 1. The third-order valence-corrected chi connectivity index (χ3v) is 5.36. The van der Waals surface area contributed by atoms with Crippen LogP contribution in [-0.2, 0) is 14.8 Å². The Morgan fingerprint density at radius 2 is 1.90 bits per heavy atom. The molecule has 0 spiro atoms. The first kappa shape index (κ1) is 23.7. The minimum Gasteiger partial charge on any atom is -0.493 e. The van der Waals surface area contributed by atoms with Crippen LogP contribution in [0, 0.1) is 12.8 Å². The summed E-state index contributed by atoms with van der Waals surface area (Å²) in [5.74, 6) is 0.613. The smallest absolute Gasteiger partial charge is 0.260 e. The molecule has 2 rings (SSSR count). The highest BCUT2D eigenvalue weighted by Crippen LogP contribution is 2.26. The van der Waals surface area contributed by atoms with Crippen LogP contribution in [0.25, 0.3) is 0 Å².